The van der Waals surface area contributed by atoms with Gasteiger partial charge in [-0.05, 0) is 0 Å². The summed E-state index contributed by atoms with van der Waals surface area (Å²) in [6.45, 7) is -0.893. The number of rotatable bonds is 1. The molecular formula is HO3PbSiTe+. The Morgan fingerprint density at radius 2 is 1.67 bits per heavy atom. The Kier molecular flexibility index (Phi) is 27.9. The SMILES string of the molecule is O=[SiH][Te+]=O.[O]=[Pb]. The molecule has 0 saturated carbocycles. The van der Waals surface area contributed by atoms with E-state index in [1.54, 1.807) is 0 Å². The minimum atomic E-state index is -1.24. The Hall–Kier alpha value is 1.33. The Morgan fingerprint density at radius 1 is 1.50 bits per heavy atom. The summed E-state index contributed by atoms with van der Waals surface area (Å²) in [5.41, 5.74) is 0. The Bertz CT molecular complexity index is 40.1. The van der Waals surface area contributed by atoms with E-state index in [0.29, 0.717) is 0 Å². The molecule has 0 saturated heterocycles. The maximum absolute atomic E-state index is 9.15. The van der Waals surface area contributed by atoms with E-state index in [0.717, 1.165) is 0 Å². The molecule has 6 heteroatoms. The van der Waals surface area contributed by atoms with Crippen molar-refractivity contribution in [3.05, 3.63) is 0 Å². The van der Waals surface area contributed by atoms with Crippen LogP contribution in [0.4, 0.5) is 0 Å². The Morgan fingerprint density at radius 3 is 1.67 bits per heavy atom. The van der Waals surface area contributed by atoms with E-state index >= 15 is 0 Å². The van der Waals surface area contributed by atoms with Crippen molar-refractivity contribution in [1.29, 1.82) is 0 Å². The van der Waals surface area contributed by atoms with E-state index in [-0.39, 0.29) is 25.8 Å². The van der Waals surface area contributed by atoms with Crippen LogP contribution in [0, 0.1) is 0 Å². The first-order chi connectivity index (χ1) is 2.91. The van der Waals surface area contributed by atoms with Gasteiger partial charge in [0.1, 0.15) is 0 Å². The molecule has 0 aromatic heterocycles. The second-order valence-electron chi connectivity index (χ2n) is 0.192. The predicted molar refractivity (Wildman–Crippen MR) is 20.7 cm³/mol. The second-order valence-corrected chi connectivity index (χ2v) is 3.87. The van der Waals surface area contributed by atoms with Gasteiger partial charge in [-0.25, -0.2) is 0 Å². The molecule has 0 spiro atoms. The second kappa shape index (κ2) is 16.2. The molecule has 0 atom stereocenters. The summed E-state index contributed by atoms with van der Waals surface area (Å²) in [6.07, 6.45) is 0. The molecular weight excluding hydrogens is 411 g/mol. The number of hydrogen-bond acceptors (Lipinski definition) is 3. The standard InChI is InChI=1S/HO2SiTe.O.Pb/c1-3-4-2;;/h3H;;/q+1;;. The van der Waals surface area contributed by atoms with E-state index in [4.69, 9.17) is 10.3 Å². The molecule has 32 valence electrons. The van der Waals surface area contributed by atoms with Crippen LogP contribution in [-0.2, 0) is 10.3 Å². The van der Waals surface area contributed by atoms with Crippen molar-refractivity contribution in [3.8, 4) is 0 Å². The van der Waals surface area contributed by atoms with E-state index in [9.17, 15) is 0 Å². The van der Waals surface area contributed by atoms with Crippen LogP contribution in [0.1, 0.15) is 0 Å². The molecule has 6 heavy (non-hydrogen) atoms. The van der Waals surface area contributed by atoms with Gasteiger partial charge in [0, 0.05) is 0 Å². The Balaban J connectivity index is 0. The summed E-state index contributed by atoms with van der Waals surface area (Å²) < 4.78 is 26.7. The van der Waals surface area contributed by atoms with Crippen molar-refractivity contribution in [3.63, 3.8) is 0 Å². The van der Waals surface area contributed by atoms with Gasteiger partial charge in [0.05, 0.1) is 0 Å². The van der Waals surface area contributed by atoms with Gasteiger partial charge in [0.15, 0.2) is 0 Å². The van der Waals surface area contributed by atoms with Crippen LogP contribution in [0.15, 0.2) is 0 Å². The van der Waals surface area contributed by atoms with Crippen LogP contribution in [0.25, 0.3) is 0 Å². The predicted octanol–water partition coefficient (Wildman–Crippen LogP) is -1.77. The molecule has 0 unspecified atom stereocenters. The van der Waals surface area contributed by atoms with Gasteiger partial charge in [0.2, 0.25) is 0 Å². The third-order valence-electron chi connectivity index (χ3n) is 0.0393. The van der Waals surface area contributed by atoms with Gasteiger partial charge in [-0.1, -0.05) is 0 Å². The van der Waals surface area contributed by atoms with Crippen LogP contribution < -0.4 is 0 Å². The van der Waals surface area contributed by atoms with E-state index in [1.165, 1.54) is 0 Å². The molecule has 2 radical (unpaired) electrons. The molecule has 0 bridgehead atoms. The van der Waals surface area contributed by atoms with E-state index in [2.05, 4.69) is 0 Å². The molecule has 0 rings (SSSR count). The first-order valence-corrected chi connectivity index (χ1v) is 8.36. The normalized spacial score (nSPS) is 4.00. The third kappa shape index (κ3) is 18.4. The van der Waals surface area contributed by atoms with Crippen molar-refractivity contribution in [1.82, 2.24) is 0 Å². The minimum absolute atomic E-state index is 0.0556. The maximum atomic E-state index is 9.15. The van der Waals surface area contributed by atoms with Gasteiger partial charge in [-0.2, -0.15) is 0 Å². The first-order valence-electron chi connectivity index (χ1n) is 0.842. The zero-order valence-corrected chi connectivity index (χ0v) is 10.1. The molecule has 0 aliphatic rings. The van der Waals surface area contributed by atoms with E-state index < -0.39 is 27.1 Å². The van der Waals surface area contributed by atoms with Gasteiger partial charge < -0.3 is 0 Å². The summed E-state index contributed by atoms with van der Waals surface area (Å²) in [5, 5.41) is 0. The quantitative estimate of drug-likeness (QED) is 0.480. The Labute approximate surface area is 62.5 Å². The van der Waals surface area contributed by atoms with Crippen LogP contribution >= 0.6 is 0 Å². The fourth-order valence-corrected chi connectivity index (χ4v) is 0. The fraction of sp³-hybridized carbons (Fsp3) is 0. The van der Waals surface area contributed by atoms with Crippen LogP contribution in [-0.4, -0.2) is 52.9 Å². The summed E-state index contributed by atoms with van der Waals surface area (Å²) >= 11 is -1.18. The topological polar surface area (TPSA) is 51.2 Å². The molecule has 0 amide bonds. The van der Waals surface area contributed by atoms with Crippen molar-refractivity contribution in [2.75, 3.05) is 0 Å². The molecule has 3 nitrogen and oxygen atoms in total. The van der Waals surface area contributed by atoms with Crippen molar-refractivity contribution in [2.45, 2.75) is 0 Å². The molecule has 0 heterocycles. The molecule has 0 aliphatic heterocycles. The van der Waals surface area contributed by atoms with Gasteiger partial charge >= 0.3 is 63.1 Å². The van der Waals surface area contributed by atoms with Crippen LogP contribution in [0.5, 0.6) is 0 Å². The third-order valence-corrected chi connectivity index (χ3v) is 0.791. The summed E-state index contributed by atoms with van der Waals surface area (Å²) in [5.74, 6) is 0. The summed E-state index contributed by atoms with van der Waals surface area (Å²) in [7, 11) is 0. The van der Waals surface area contributed by atoms with Crippen molar-refractivity contribution < 1.29 is 10.3 Å². The molecule has 0 aliphatic carbocycles. The molecule has 0 N–H and O–H groups in total. The zero-order chi connectivity index (χ0) is 5.41. The van der Waals surface area contributed by atoms with Gasteiger partial charge in [0.25, 0.3) is 0 Å². The molecule has 0 fully saturated rings. The van der Waals surface area contributed by atoms with Crippen LogP contribution in [0.2, 0.25) is 0 Å². The number of hydrogen-bond donors (Lipinski definition) is 0. The summed E-state index contributed by atoms with van der Waals surface area (Å²) in [6, 6.07) is 0. The molecule has 0 aromatic carbocycles. The van der Waals surface area contributed by atoms with E-state index in [1.807, 2.05) is 0 Å². The van der Waals surface area contributed by atoms with Gasteiger partial charge in [-0.15, -0.1) is 0 Å². The van der Waals surface area contributed by atoms with Crippen molar-refractivity contribution in [2.24, 2.45) is 0 Å². The monoisotopic (exact) mass is 415 g/mol. The average molecular weight is 412 g/mol. The fourth-order valence-electron chi connectivity index (χ4n) is 0. The zero-order valence-electron chi connectivity index (χ0n) is 2.71. The average Bonchev–Trinajstić information content (AvgIpc) is 1.72. The molecule has 0 aromatic rings. The van der Waals surface area contributed by atoms with Crippen LogP contribution in [0.3, 0.4) is 0 Å². The van der Waals surface area contributed by atoms with Crippen molar-refractivity contribution >= 4 is 52.9 Å². The summed E-state index contributed by atoms with van der Waals surface area (Å²) in [4.78, 5) is 0. The van der Waals surface area contributed by atoms with Gasteiger partial charge in [-0.3, -0.25) is 0 Å². The first kappa shape index (κ1) is 10.3.